The van der Waals surface area contributed by atoms with Gasteiger partial charge < -0.3 is 11.1 Å². The first-order valence-electron chi connectivity index (χ1n) is 5.51. The first-order chi connectivity index (χ1) is 7.77. The lowest BCUT2D eigenvalue weighted by Crippen LogP contribution is -2.49. The molecule has 0 spiro atoms. The van der Waals surface area contributed by atoms with Crippen LogP contribution < -0.4 is 11.1 Å². The van der Waals surface area contributed by atoms with E-state index in [-0.39, 0.29) is 11.7 Å². The van der Waals surface area contributed by atoms with E-state index in [2.05, 4.69) is 5.32 Å². The second kappa shape index (κ2) is 4.68. The number of nitrogens with zero attached hydrogens (tertiary/aromatic N) is 1. The van der Waals surface area contributed by atoms with E-state index in [4.69, 9.17) is 11.0 Å². The topological polar surface area (TPSA) is 96.0 Å². The maximum atomic E-state index is 11.7. The fraction of sp³-hybridized carbons (Fsp3) is 0.583. The quantitative estimate of drug-likeness (QED) is 0.733. The standard InChI is InChI=1S/C12H17N3O2/c1-7-9(15-11(17)12(2,3)14)5-4-8(6-13)10(7)16/h8H,4-5,14H2,1-3H3,(H,15,17). The van der Waals surface area contributed by atoms with Crippen LogP contribution >= 0.6 is 0 Å². The van der Waals surface area contributed by atoms with Gasteiger partial charge in [0.15, 0.2) is 5.78 Å². The summed E-state index contributed by atoms with van der Waals surface area (Å²) in [5.74, 6) is -1.11. The zero-order chi connectivity index (χ0) is 13.2. The van der Waals surface area contributed by atoms with Crippen LogP contribution in [0.5, 0.6) is 0 Å². The number of rotatable bonds is 2. The molecule has 0 saturated heterocycles. The van der Waals surface area contributed by atoms with Gasteiger partial charge in [0.2, 0.25) is 5.91 Å². The van der Waals surface area contributed by atoms with Crippen LogP contribution in [0, 0.1) is 17.2 Å². The molecular formula is C12H17N3O2. The first kappa shape index (κ1) is 13.4. The molecule has 5 heteroatoms. The molecule has 0 bridgehead atoms. The van der Waals surface area contributed by atoms with E-state index < -0.39 is 11.5 Å². The minimum atomic E-state index is -0.984. The van der Waals surface area contributed by atoms with E-state index in [0.717, 1.165) is 0 Å². The molecule has 1 rings (SSSR count). The third kappa shape index (κ3) is 2.92. The van der Waals surface area contributed by atoms with E-state index in [1.807, 2.05) is 6.07 Å². The maximum Gasteiger partial charge on any atom is 0.243 e. The van der Waals surface area contributed by atoms with Crippen LogP contribution in [-0.2, 0) is 9.59 Å². The Bertz CT molecular complexity index is 424. The third-order valence-electron chi connectivity index (χ3n) is 2.83. The van der Waals surface area contributed by atoms with Crippen molar-refractivity contribution in [1.82, 2.24) is 5.32 Å². The van der Waals surface area contributed by atoms with Gasteiger partial charge in [-0.2, -0.15) is 5.26 Å². The van der Waals surface area contributed by atoms with Crippen molar-refractivity contribution in [2.24, 2.45) is 11.7 Å². The predicted molar refractivity (Wildman–Crippen MR) is 62.5 cm³/mol. The van der Waals surface area contributed by atoms with Gasteiger partial charge in [-0.25, -0.2) is 0 Å². The number of ketones is 1. The Morgan fingerprint density at radius 2 is 2.18 bits per heavy atom. The van der Waals surface area contributed by atoms with Gasteiger partial charge in [-0.15, -0.1) is 0 Å². The molecule has 0 radical (unpaired) electrons. The van der Waals surface area contributed by atoms with Crippen molar-refractivity contribution in [1.29, 1.82) is 5.26 Å². The Kier molecular flexibility index (Phi) is 3.69. The number of amides is 1. The lowest BCUT2D eigenvalue weighted by Gasteiger charge is -2.24. The van der Waals surface area contributed by atoms with Crippen molar-refractivity contribution in [3.05, 3.63) is 11.3 Å². The smallest absolute Gasteiger partial charge is 0.243 e. The number of nitrogens with one attached hydrogen (secondary N) is 1. The Balaban J connectivity index is 2.87. The highest BCUT2D eigenvalue weighted by Crippen LogP contribution is 2.24. The van der Waals surface area contributed by atoms with Crippen LogP contribution in [0.25, 0.3) is 0 Å². The highest BCUT2D eigenvalue weighted by molar-refractivity contribution is 6.00. The van der Waals surface area contributed by atoms with E-state index in [1.165, 1.54) is 0 Å². The summed E-state index contributed by atoms with van der Waals surface area (Å²) in [6.45, 7) is 4.83. The van der Waals surface area contributed by atoms with Gasteiger partial charge in [0.25, 0.3) is 0 Å². The van der Waals surface area contributed by atoms with Gasteiger partial charge in [0.05, 0.1) is 11.6 Å². The van der Waals surface area contributed by atoms with E-state index in [9.17, 15) is 9.59 Å². The van der Waals surface area contributed by atoms with Gasteiger partial charge in [-0.3, -0.25) is 9.59 Å². The number of nitriles is 1. The summed E-state index contributed by atoms with van der Waals surface area (Å²) >= 11 is 0. The fourth-order valence-electron chi connectivity index (χ4n) is 1.59. The molecule has 0 aromatic rings. The molecule has 1 unspecified atom stereocenters. The van der Waals surface area contributed by atoms with Crippen LogP contribution in [0.4, 0.5) is 0 Å². The van der Waals surface area contributed by atoms with Crippen molar-refractivity contribution in [2.45, 2.75) is 39.2 Å². The molecule has 0 saturated carbocycles. The monoisotopic (exact) mass is 235 g/mol. The molecule has 1 aliphatic carbocycles. The zero-order valence-electron chi connectivity index (χ0n) is 10.3. The highest BCUT2D eigenvalue weighted by Gasteiger charge is 2.30. The van der Waals surface area contributed by atoms with Crippen molar-refractivity contribution in [3.8, 4) is 6.07 Å². The second-order valence-electron chi connectivity index (χ2n) is 4.86. The van der Waals surface area contributed by atoms with Crippen LogP contribution in [0.2, 0.25) is 0 Å². The Labute approximate surface area is 101 Å². The summed E-state index contributed by atoms with van der Waals surface area (Å²) in [7, 11) is 0. The van der Waals surface area contributed by atoms with Crippen LogP contribution in [-0.4, -0.2) is 17.2 Å². The normalized spacial score (nSPS) is 21.1. The third-order valence-corrected chi connectivity index (χ3v) is 2.83. The van der Waals surface area contributed by atoms with Crippen molar-refractivity contribution in [3.63, 3.8) is 0 Å². The van der Waals surface area contributed by atoms with Gasteiger partial charge in [0.1, 0.15) is 5.92 Å². The predicted octanol–water partition coefficient (Wildman–Crippen LogP) is 0.617. The minimum absolute atomic E-state index is 0.205. The molecule has 3 N–H and O–H groups in total. The Morgan fingerprint density at radius 3 is 2.65 bits per heavy atom. The summed E-state index contributed by atoms with van der Waals surface area (Å²) < 4.78 is 0. The number of hydrogen-bond acceptors (Lipinski definition) is 4. The number of Topliss-reactive ketones (excluding diaryl/α,β-unsaturated/α-hetero) is 1. The number of nitrogens with two attached hydrogens (primary N) is 1. The molecule has 92 valence electrons. The summed E-state index contributed by atoms with van der Waals surface area (Å²) in [5.41, 5.74) is 5.72. The van der Waals surface area contributed by atoms with Crippen LogP contribution in [0.1, 0.15) is 33.6 Å². The maximum absolute atomic E-state index is 11.7. The molecule has 0 aliphatic heterocycles. The number of carbonyl (C=O) groups excluding carboxylic acids is 2. The Hall–Kier alpha value is -1.67. The van der Waals surface area contributed by atoms with Crippen molar-refractivity contribution >= 4 is 11.7 Å². The van der Waals surface area contributed by atoms with Crippen LogP contribution in [0.15, 0.2) is 11.3 Å². The highest BCUT2D eigenvalue weighted by atomic mass is 16.2. The van der Waals surface area contributed by atoms with Crippen LogP contribution in [0.3, 0.4) is 0 Å². The van der Waals surface area contributed by atoms with Gasteiger partial charge in [-0.05, 0) is 33.6 Å². The van der Waals surface area contributed by atoms with Gasteiger partial charge in [-0.1, -0.05) is 0 Å². The van der Waals surface area contributed by atoms with Gasteiger partial charge in [0, 0.05) is 11.3 Å². The second-order valence-corrected chi connectivity index (χ2v) is 4.86. The van der Waals surface area contributed by atoms with E-state index in [1.54, 1.807) is 20.8 Å². The molecule has 0 fully saturated rings. The number of hydrogen-bond donors (Lipinski definition) is 2. The molecule has 5 nitrogen and oxygen atoms in total. The first-order valence-corrected chi connectivity index (χ1v) is 5.51. The average molecular weight is 235 g/mol. The molecule has 0 aromatic carbocycles. The molecule has 0 heterocycles. The summed E-state index contributed by atoms with van der Waals surface area (Å²) in [5, 5.41) is 11.4. The van der Waals surface area contributed by atoms with Crippen molar-refractivity contribution < 1.29 is 9.59 Å². The average Bonchev–Trinajstić information content (AvgIpc) is 2.23. The number of allylic oxidation sites excluding steroid dienone is 2. The molecule has 0 aromatic heterocycles. The van der Waals surface area contributed by atoms with E-state index >= 15 is 0 Å². The lowest BCUT2D eigenvalue weighted by atomic mass is 9.87. The molecule has 1 atom stereocenters. The Morgan fingerprint density at radius 1 is 1.59 bits per heavy atom. The summed E-state index contributed by atoms with van der Waals surface area (Å²) in [6, 6.07) is 1.97. The fourth-order valence-corrected chi connectivity index (χ4v) is 1.59. The summed E-state index contributed by atoms with van der Waals surface area (Å²) in [4.78, 5) is 23.4. The largest absolute Gasteiger partial charge is 0.328 e. The van der Waals surface area contributed by atoms with E-state index in [0.29, 0.717) is 24.1 Å². The van der Waals surface area contributed by atoms with Gasteiger partial charge >= 0.3 is 0 Å². The lowest BCUT2D eigenvalue weighted by molar-refractivity contribution is -0.124. The van der Waals surface area contributed by atoms with Crippen molar-refractivity contribution in [2.75, 3.05) is 0 Å². The summed E-state index contributed by atoms with van der Waals surface area (Å²) in [6.07, 6.45) is 0.977. The molecule has 1 amide bonds. The minimum Gasteiger partial charge on any atom is -0.328 e. The number of carbonyl (C=O) groups is 2. The zero-order valence-corrected chi connectivity index (χ0v) is 10.3. The molecular weight excluding hydrogens is 218 g/mol. The molecule has 1 aliphatic rings. The molecule has 17 heavy (non-hydrogen) atoms. The SMILES string of the molecule is CC1=C(NC(=O)C(C)(C)N)CCC(C#N)C1=O.